The Hall–Kier alpha value is -3.30. The van der Waals surface area contributed by atoms with E-state index >= 15 is 0 Å². The maximum atomic E-state index is 9.49. The Labute approximate surface area is 129 Å². The van der Waals surface area contributed by atoms with E-state index in [4.69, 9.17) is 6.42 Å². The fourth-order valence-corrected chi connectivity index (χ4v) is 2.38. The van der Waals surface area contributed by atoms with Crippen LogP contribution in [0, 0.1) is 23.7 Å². The molecule has 0 aliphatic carbocycles. The van der Waals surface area contributed by atoms with E-state index in [9.17, 15) is 5.26 Å². The van der Waals surface area contributed by atoms with Gasteiger partial charge in [0.05, 0.1) is 16.6 Å². The first-order valence-electron chi connectivity index (χ1n) is 6.83. The number of fused-ring (bicyclic) bond motifs is 1. The number of aryl methyl sites for hydroxylation is 1. The lowest BCUT2D eigenvalue weighted by Crippen LogP contribution is -1.96. The first kappa shape index (κ1) is 13.7. The molecule has 2 aromatic carbocycles. The Morgan fingerprint density at radius 2 is 1.91 bits per heavy atom. The van der Waals surface area contributed by atoms with Gasteiger partial charge in [0.2, 0.25) is 0 Å². The molecule has 104 valence electrons. The van der Waals surface area contributed by atoms with Crippen molar-refractivity contribution in [2.24, 2.45) is 7.05 Å². The molecule has 0 saturated carbocycles. The van der Waals surface area contributed by atoms with E-state index < -0.39 is 0 Å². The molecule has 0 aliphatic heterocycles. The van der Waals surface area contributed by atoms with Crippen molar-refractivity contribution >= 4 is 22.7 Å². The monoisotopic (exact) mass is 283 g/mol. The Morgan fingerprint density at radius 3 is 2.55 bits per heavy atom. The zero-order valence-electron chi connectivity index (χ0n) is 12.1. The molecule has 3 rings (SSSR count). The quantitative estimate of drug-likeness (QED) is 0.532. The predicted molar refractivity (Wildman–Crippen MR) is 88.6 cm³/mol. The smallest absolute Gasteiger partial charge is 0.151 e. The van der Waals surface area contributed by atoms with E-state index in [0.29, 0.717) is 11.4 Å². The molecule has 0 saturated heterocycles. The van der Waals surface area contributed by atoms with Crippen LogP contribution in [-0.4, -0.2) is 9.55 Å². The lowest BCUT2D eigenvalue weighted by molar-refractivity contribution is 0.925. The second-order valence-electron chi connectivity index (χ2n) is 4.92. The number of aromatic nitrogens is 2. The minimum absolute atomic E-state index is 0.521. The molecule has 1 aromatic heterocycles. The molecule has 0 radical (unpaired) electrons. The molecule has 0 atom stereocenters. The summed E-state index contributed by atoms with van der Waals surface area (Å²) in [5, 5.41) is 9.49. The fraction of sp³-hybridized carbons (Fsp3) is 0.0526. The summed E-state index contributed by atoms with van der Waals surface area (Å²) in [6.45, 7) is 0. The zero-order chi connectivity index (χ0) is 15.5. The summed E-state index contributed by atoms with van der Waals surface area (Å²) in [4.78, 5) is 4.55. The molecular weight excluding hydrogens is 270 g/mol. The van der Waals surface area contributed by atoms with Gasteiger partial charge in [-0.15, -0.1) is 6.42 Å². The van der Waals surface area contributed by atoms with Crippen molar-refractivity contribution in [1.82, 2.24) is 9.55 Å². The van der Waals surface area contributed by atoms with Gasteiger partial charge in [-0.2, -0.15) is 5.26 Å². The van der Waals surface area contributed by atoms with Crippen LogP contribution in [0.25, 0.3) is 22.7 Å². The number of benzene rings is 2. The minimum atomic E-state index is 0.521. The summed E-state index contributed by atoms with van der Waals surface area (Å²) in [5.41, 5.74) is 4.14. The Kier molecular flexibility index (Phi) is 3.48. The van der Waals surface area contributed by atoms with Gasteiger partial charge in [-0.25, -0.2) is 4.98 Å². The maximum absolute atomic E-state index is 9.49. The third kappa shape index (κ3) is 2.37. The highest BCUT2D eigenvalue weighted by Gasteiger charge is 2.11. The van der Waals surface area contributed by atoms with Gasteiger partial charge >= 0.3 is 0 Å². The molecule has 3 heteroatoms. The van der Waals surface area contributed by atoms with Gasteiger partial charge in [0.15, 0.2) is 5.82 Å². The van der Waals surface area contributed by atoms with Gasteiger partial charge in [0, 0.05) is 12.6 Å². The molecule has 0 bridgehead atoms. The molecule has 3 aromatic rings. The van der Waals surface area contributed by atoms with Crippen LogP contribution in [0.1, 0.15) is 17.0 Å². The number of rotatable bonds is 2. The largest absolute Gasteiger partial charge is 0.327 e. The van der Waals surface area contributed by atoms with Crippen molar-refractivity contribution in [3.8, 4) is 18.4 Å². The van der Waals surface area contributed by atoms with Crippen LogP contribution in [-0.2, 0) is 7.05 Å². The summed E-state index contributed by atoms with van der Waals surface area (Å²) < 4.78 is 1.93. The molecular formula is C19H13N3. The average molecular weight is 283 g/mol. The van der Waals surface area contributed by atoms with E-state index in [0.717, 1.165) is 22.2 Å². The van der Waals surface area contributed by atoms with Crippen LogP contribution >= 0.6 is 0 Å². The van der Waals surface area contributed by atoms with Crippen LogP contribution in [0.15, 0.2) is 48.5 Å². The standard InChI is InChI=1S/C19H13N3/c1-3-14-8-10-15(11-9-14)12-16(13-20)19-21-17-6-4-5-7-18(17)22(19)2/h1,4-12H,2H3. The highest BCUT2D eigenvalue weighted by atomic mass is 15.1. The number of para-hydroxylation sites is 2. The zero-order valence-corrected chi connectivity index (χ0v) is 12.1. The van der Waals surface area contributed by atoms with Gasteiger partial charge < -0.3 is 4.57 Å². The number of allylic oxidation sites excluding steroid dienone is 1. The molecule has 1 heterocycles. The van der Waals surface area contributed by atoms with Crippen LogP contribution in [0.2, 0.25) is 0 Å². The van der Waals surface area contributed by atoms with Crippen molar-refractivity contribution in [3.05, 3.63) is 65.5 Å². The van der Waals surface area contributed by atoms with Crippen molar-refractivity contribution < 1.29 is 0 Å². The molecule has 0 amide bonds. The van der Waals surface area contributed by atoms with Gasteiger partial charge in [-0.1, -0.05) is 30.2 Å². The van der Waals surface area contributed by atoms with Gasteiger partial charge in [0.25, 0.3) is 0 Å². The topological polar surface area (TPSA) is 41.6 Å². The third-order valence-electron chi connectivity index (χ3n) is 3.54. The predicted octanol–water partition coefficient (Wildman–Crippen LogP) is 3.62. The molecule has 22 heavy (non-hydrogen) atoms. The van der Waals surface area contributed by atoms with Crippen molar-refractivity contribution in [1.29, 1.82) is 5.26 Å². The summed E-state index contributed by atoms with van der Waals surface area (Å²) in [6.07, 6.45) is 7.17. The Morgan fingerprint density at radius 1 is 1.18 bits per heavy atom. The number of nitriles is 1. The number of imidazole rings is 1. The van der Waals surface area contributed by atoms with E-state index in [1.54, 1.807) is 0 Å². The third-order valence-corrected chi connectivity index (χ3v) is 3.54. The van der Waals surface area contributed by atoms with Crippen LogP contribution < -0.4 is 0 Å². The van der Waals surface area contributed by atoms with Gasteiger partial charge in [-0.3, -0.25) is 0 Å². The normalized spacial score (nSPS) is 11.1. The molecule has 0 unspecified atom stereocenters. The average Bonchev–Trinajstić information content (AvgIpc) is 2.90. The van der Waals surface area contributed by atoms with Crippen LogP contribution in [0.5, 0.6) is 0 Å². The summed E-state index contributed by atoms with van der Waals surface area (Å²) >= 11 is 0. The second-order valence-corrected chi connectivity index (χ2v) is 4.92. The first-order valence-corrected chi connectivity index (χ1v) is 6.83. The summed E-state index contributed by atoms with van der Waals surface area (Å²) in [6, 6.07) is 17.6. The van der Waals surface area contributed by atoms with Crippen LogP contribution in [0.4, 0.5) is 0 Å². The SMILES string of the molecule is C#Cc1ccc(C=C(C#N)c2nc3ccccc3n2C)cc1. The minimum Gasteiger partial charge on any atom is -0.327 e. The van der Waals surface area contributed by atoms with E-state index in [-0.39, 0.29) is 0 Å². The van der Waals surface area contributed by atoms with Crippen molar-refractivity contribution in [3.63, 3.8) is 0 Å². The summed E-state index contributed by atoms with van der Waals surface area (Å²) in [7, 11) is 1.91. The number of terminal acetylenes is 1. The first-order chi connectivity index (χ1) is 10.7. The van der Waals surface area contributed by atoms with Crippen molar-refractivity contribution in [2.75, 3.05) is 0 Å². The number of nitrogens with zero attached hydrogens (tertiary/aromatic N) is 3. The molecule has 0 N–H and O–H groups in total. The lowest BCUT2D eigenvalue weighted by Gasteiger charge is -2.01. The number of hydrogen-bond donors (Lipinski definition) is 0. The van der Waals surface area contributed by atoms with E-state index in [1.807, 2.05) is 66.2 Å². The van der Waals surface area contributed by atoms with Gasteiger partial charge in [0.1, 0.15) is 6.07 Å². The molecule has 3 nitrogen and oxygen atoms in total. The van der Waals surface area contributed by atoms with Crippen LogP contribution in [0.3, 0.4) is 0 Å². The maximum Gasteiger partial charge on any atom is 0.151 e. The van der Waals surface area contributed by atoms with E-state index in [2.05, 4.69) is 17.0 Å². The molecule has 0 fully saturated rings. The number of hydrogen-bond acceptors (Lipinski definition) is 2. The Bertz CT molecular complexity index is 945. The lowest BCUT2D eigenvalue weighted by atomic mass is 10.1. The Balaban J connectivity index is 2.09. The highest BCUT2D eigenvalue weighted by Crippen LogP contribution is 2.22. The highest BCUT2D eigenvalue weighted by molar-refractivity contribution is 5.90. The molecule has 0 aliphatic rings. The van der Waals surface area contributed by atoms with E-state index in [1.165, 1.54) is 0 Å². The van der Waals surface area contributed by atoms with Gasteiger partial charge in [-0.05, 0) is 35.9 Å². The second kappa shape index (κ2) is 5.60. The molecule has 0 spiro atoms. The fourth-order valence-electron chi connectivity index (χ4n) is 2.38. The van der Waals surface area contributed by atoms with Crippen molar-refractivity contribution in [2.45, 2.75) is 0 Å². The summed E-state index contributed by atoms with van der Waals surface area (Å²) in [5.74, 6) is 3.24.